The Morgan fingerprint density at radius 3 is 2.58 bits per heavy atom. The van der Waals surface area contributed by atoms with Gasteiger partial charge in [-0.3, -0.25) is 22.9 Å². The Morgan fingerprint density at radius 1 is 1.23 bits per heavy atom. The van der Waals surface area contributed by atoms with Crippen LogP contribution < -0.4 is 11.2 Å². The van der Waals surface area contributed by atoms with Gasteiger partial charge in [0.15, 0.2) is 11.2 Å². The Balaban J connectivity index is 2.15. The lowest BCUT2D eigenvalue weighted by molar-refractivity contribution is 0.667. The van der Waals surface area contributed by atoms with Crippen LogP contribution in [0.5, 0.6) is 0 Å². The van der Waals surface area contributed by atoms with E-state index in [4.69, 9.17) is 11.6 Å². The number of hydrogen-bond acceptors (Lipinski definition) is 3. The number of fused-ring (bicyclic) bond motifs is 3. The zero-order valence-corrected chi connectivity index (χ0v) is 15.1. The molecule has 0 bridgehead atoms. The Bertz CT molecular complexity index is 1290. The molecule has 0 spiro atoms. The largest absolute Gasteiger partial charge is 0.332 e. The van der Waals surface area contributed by atoms with Crippen molar-refractivity contribution in [1.29, 1.82) is 0 Å². The lowest BCUT2D eigenvalue weighted by Gasteiger charge is -2.06. The third kappa shape index (κ3) is 2.17. The first-order valence-corrected chi connectivity index (χ1v) is 8.38. The van der Waals surface area contributed by atoms with Crippen molar-refractivity contribution in [3.05, 3.63) is 74.7 Å². The van der Waals surface area contributed by atoms with E-state index in [1.807, 2.05) is 29.8 Å². The van der Waals surface area contributed by atoms with E-state index in [9.17, 15) is 9.59 Å². The molecule has 3 aromatic heterocycles. The van der Waals surface area contributed by atoms with Crippen molar-refractivity contribution in [3.8, 4) is 5.69 Å². The van der Waals surface area contributed by atoms with Crippen molar-refractivity contribution < 1.29 is 0 Å². The second kappa shape index (κ2) is 5.74. The van der Waals surface area contributed by atoms with E-state index in [1.165, 1.54) is 10.6 Å². The molecule has 0 fully saturated rings. The molecule has 0 aliphatic rings. The Morgan fingerprint density at radius 2 is 1.92 bits per heavy atom. The fourth-order valence-corrected chi connectivity index (χ4v) is 3.34. The predicted octanol–water partition coefficient (Wildman–Crippen LogP) is 2.29. The van der Waals surface area contributed by atoms with Gasteiger partial charge in [0, 0.05) is 36.2 Å². The summed E-state index contributed by atoms with van der Waals surface area (Å²) < 4.78 is 6.17. The maximum atomic E-state index is 12.9. The first-order valence-electron chi connectivity index (χ1n) is 8.01. The Kier molecular flexibility index (Phi) is 3.62. The number of aryl methyl sites for hydroxylation is 2. The summed E-state index contributed by atoms with van der Waals surface area (Å²) in [5.41, 5.74) is 1.67. The minimum absolute atomic E-state index is 0.144. The average molecular weight is 370 g/mol. The zero-order valence-electron chi connectivity index (χ0n) is 14.3. The van der Waals surface area contributed by atoms with Crippen LogP contribution in [-0.2, 0) is 13.6 Å². The van der Waals surface area contributed by atoms with E-state index in [2.05, 4.69) is 11.6 Å². The summed E-state index contributed by atoms with van der Waals surface area (Å²) in [6.45, 7) is 5.69. The van der Waals surface area contributed by atoms with Crippen molar-refractivity contribution in [2.45, 2.75) is 13.5 Å². The van der Waals surface area contributed by atoms with Gasteiger partial charge in [-0.2, -0.15) is 4.98 Å². The fraction of sp³-hybridized carbons (Fsp3) is 0.167. The quantitative estimate of drug-likeness (QED) is 0.520. The third-order valence-corrected chi connectivity index (χ3v) is 4.67. The Labute approximate surface area is 153 Å². The number of hydrogen-bond donors (Lipinski definition) is 0. The standard InChI is InChI=1S/C18H16ClN5O2/c1-4-9-22-16(25)14-15(21(3)18(22)26)20-17-23(14)10-11(2)24(17)13-7-5-12(19)6-8-13/h4-8,10H,1,9H2,2-3H3. The molecule has 0 unspecified atom stereocenters. The molecule has 26 heavy (non-hydrogen) atoms. The molecule has 0 saturated heterocycles. The van der Waals surface area contributed by atoms with Gasteiger partial charge in [-0.1, -0.05) is 17.7 Å². The molecule has 4 rings (SSSR count). The van der Waals surface area contributed by atoms with E-state index in [0.29, 0.717) is 22.0 Å². The van der Waals surface area contributed by atoms with Crippen molar-refractivity contribution in [2.24, 2.45) is 7.05 Å². The highest BCUT2D eigenvalue weighted by atomic mass is 35.5. The highest BCUT2D eigenvalue weighted by Crippen LogP contribution is 2.22. The molecule has 8 heteroatoms. The van der Waals surface area contributed by atoms with Gasteiger partial charge in [-0.15, -0.1) is 6.58 Å². The van der Waals surface area contributed by atoms with Crippen LogP contribution in [0.4, 0.5) is 0 Å². The molecule has 4 aromatic rings. The summed E-state index contributed by atoms with van der Waals surface area (Å²) in [6.07, 6.45) is 3.36. The molecule has 0 atom stereocenters. The molecule has 0 saturated carbocycles. The highest BCUT2D eigenvalue weighted by molar-refractivity contribution is 6.30. The van der Waals surface area contributed by atoms with Gasteiger partial charge < -0.3 is 0 Å². The van der Waals surface area contributed by atoms with Crippen LogP contribution in [0.2, 0.25) is 5.02 Å². The first kappa shape index (κ1) is 16.4. The van der Waals surface area contributed by atoms with Crippen molar-refractivity contribution in [3.63, 3.8) is 0 Å². The minimum atomic E-state index is -0.419. The zero-order chi connectivity index (χ0) is 18.6. The van der Waals surface area contributed by atoms with E-state index >= 15 is 0 Å². The summed E-state index contributed by atoms with van der Waals surface area (Å²) in [6, 6.07) is 7.35. The van der Waals surface area contributed by atoms with Gasteiger partial charge in [-0.25, -0.2) is 4.79 Å². The van der Waals surface area contributed by atoms with E-state index < -0.39 is 5.69 Å². The van der Waals surface area contributed by atoms with Gasteiger partial charge in [0.1, 0.15) is 0 Å². The maximum Gasteiger partial charge on any atom is 0.332 e. The molecule has 0 amide bonds. The number of halogens is 1. The molecular formula is C18H16ClN5O2. The summed E-state index contributed by atoms with van der Waals surface area (Å²) in [7, 11) is 1.61. The maximum absolute atomic E-state index is 12.9. The van der Waals surface area contributed by atoms with Crippen molar-refractivity contribution in [2.75, 3.05) is 0 Å². The smallest absolute Gasteiger partial charge is 0.283 e. The number of imidazole rings is 2. The third-order valence-electron chi connectivity index (χ3n) is 4.42. The molecule has 0 aliphatic heterocycles. The van der Waals surface area contributed by atoms with Crippen LogP contribution >= 0.6 is 11.6 Å². The Hall–Kier alpha value is -3.06. The average Bonchev–Trinajstić information content (AvgIpc) is 3.12. The molecule has 0 aliphatic carbocycles. The number of rotatable bonds is 3. The summed E-state index contributed by atoms with van der Waals surface area (Å²) in [5, 5.41) is 0.637. The lowest BCUT2D eigenvalue weighted by atomic mass is 10.3. The summed E-state index contributed by atoms with van der Waals surface area (Å²) in [4.78, 5) is 29.9. The fourth-order valence-electron chi connectivity index (χ4n) is 3.21. The van der Waals surface area contributed by atoms with Gasteiger partial charge in [-0.05, 0) is 31.2 Å². The normalized spacial score (nSPS) is 11.5. The van der Waals surface area contributed by atoms with E-state index in [0.717, 1.165) is 15.9 Å². The second-order valence-electron chi connectivity index (χ2n) is 6.08. The molecule has 7 nitrogen and oxygen atoms in total. The monoisotopic (exact) mass is 369 g/mol. The number of nitrogens with zero attached hydrogens (tertiary/aromatic N) is 5. The van der Waals surface area contributed by atoms with Gasteiger partial charge >= 0.3 is 5.69 Å². The van der Waals surface area contributed by atoms with E-state index in [-0.39, 0.29) is 12.1 Å². The van der Waals surface area contributed by atoms with Crippen LogP contribution in [-0.4, -0.2) is 23.1 Å². The molecule has 3 heterocycles. The number of allylic oxidation sites excluding steroid dienone is 1. The summed E-state index contributed by atoms with van der Waals surface area (Å²) >= 11 is 5.98. The lowest BCUT2D eigenvalue weighted by Crippen LogP contribution is -2.39. The highest BCUT2D eigenvalue weighted by Gasteiger charge is 2.20. The number of benzene rings is 1. The molecule has 132 valence electrons. The van der Waals surface area contributed by atoms with Crippen LogP contribution in [0.1, 0.15) is 5.69 Å². The molecule has 0 N–H and O–H groups in total. The van der Waals surface area contributed by atoms with Crippen LogP contribution in [0, 0.1) is 6.92 Å². The van der Waals surface area contributed by atoms with E-state index in [1.54, 1.807) is 23.6 Å². The minimum Gasteiger partial charge on any atom is -0.283 e. The first-order chi connectivity index (χ1) is 12.4. The van der Waals surface area contributed by atoms with Crippen LogP contribution in [0.25, 0.3) is 22.6 Å². The summed E-state index contributed by atoms with van der Waals surface area (Å²) in [5.74, 6) is 0.559. The predicted molar refractivity (Wildman–Crippen MR) is 101 cm³/mol. The van der Waals surface area contributed by atoms with Crippen LogP contribution in [0.15, 0.2) is 52.7 Å². The van der Waals surface area contributed by atoms with Gasteiger partial charge in [0.25, 0.3) is 5.56 Å². The van der Waals surface area contributed by atoms with Crippen molar-refractivity contribution in [1.82, 2.24) is 23.1 Å². The molecule has 1 aromatic carbocycles. The molecule has 0 radical (unpaired) electrons. The van der Waals surface area contributed by atoms with Gasteiger partial charge in [0.2, 0.25) is 5.78 Å². The van der Waals surface area contributed by atoms with Crippen LogP contribution in [0.3, 0.4) is 0 Å². The second-order valence-corrected chi connectivity index (χ2v) is 6.52. The topological polar surface area (TPSA) is 66.2 Å². The molecular weight excluding hydrogens is 354 g/mol. The SMILES string of the molecule is C=CCn1c(=O)c2c(nc3n(-c4ccc(Cl)cc4)c(C)cn23)n(C)c1=O. The van der Waals surface area contributed by atoms with Gasteiger partial charge in [0.05, 0.1) is 0 Å². The number of aromatic nitrogens is 5. The van der Waals surface area contributed by atoms with Crippen molar-refractivity contribution >= 4 is 28.5 Å².